The van der Waals surface area contributed by atoms with E-state index >= 15 is 0 Å². The van der Waals surface area contributed by atoms with Crippen LogP contribution in [0.1, 0.15) is 38.7 Å². The van der Waals surface area contributed by atoms with Gasteiger partial charge in [0.15, 0.2) is 0 Å². The molecule has 0 spiro atoms. The lowest BCUT2D eigenvalue weighted by Crippen LogP contribution is -2.04. The van der Waals surface area contributed by atoms with Crippen molar-refractivity contribution in [2.75, 3.05) is 6.61 Å². The monoisotopic (exact) mass is 288 g/mol. The zero-order valence-corrected chi connectivity index (χ0v) is 12.4. The zero-order valence-electron chi connectivity index (χ0n) is 10.9. The summed E-state index contributed by atoms with van der Waals surface area (Å²) in [7, 11) is 0. The van der Waals surface area contributed by atoms with Gasteiger partial charge in [-0.25, -0.2) is 0 Å². The molecule has 1 aromatic carbocycles. The Morgan fingerprint density at radius 3 is 2.61 bits per heavy atom. The van der Waals surface area contributed by atoms with Crippen molar-refractivity contribution >= 4 is 23.2 Å². The topological polar surface area (TPSA) is 21.8 Å². The molecule has 0 radical (unpaired) electrons. The molecule has 2 rings (SSSR count). The average Bonchev–Trinajstić information content (AvgIpc) is 2.97. The third kappa shape index (κ3) is 3.11. The van der Waals surface area contributed by atoms with Crippen LogP contribution in [0.5, 0.6) is 5.75 Å². The van der Waals surface area contributed by atoms with Crippen LogP contribution in [0.15, 0.2) is 12.1 Å². The maximum Gasteiger partial charge on any atom is 0.141 e. The minimum atomic E-state index is 0.317. The van der Waals surface area contributed by atoms with Gasteiger partial charge in [0.25, 0.3) is 0 Å². The van der Waals surface area contributed by atoms with Crippen molar-refractivity contribution in [3.05, 3.63) is 27.7 Å². The van der Waals surface area contributed by atoms with Gasteiger partial charge in [-0.1, -0.05) is 30.1 Å². The Labute approximate surface area is 118 Å². The van der Waals surface area contributed by atoms with E-state index in [9.17, 15) is 0 Å². The largest absolute Gasteiger partial charge is 0.492 e. The van der Waals surface area contributed by atoms with Gasteiger partial charge in [0, 0.05) is 10.6 Å². The lowest BCUT2D eigenvalue weighted by molar-refractivity contribution is 0.330. The molecule has 2 nitrogen and oxygen atoms in total. The molecule has 0 saturated carbocycles. The maximum absolute atomic E-state index is 6.20. The van der Waals surface area contributed by atoms with Crippen LogP contribution < -0.4 is 4.74 Å². The molecule has 0 aliphatic carbocycles. The number of benzene rings is 1. The Hall–Kier alpha value is -0.440. The second kappa shape index (κ2) is 5.68. The zero-order chi connectivity index (χ0) is 13.3. The smallest absolute Gasteiger partial charge is 0.141 e. The first kappa shape index (κ1) is 14.0. The van der Waals surface area contributed by atoms with Crippen LogP contribution in [0, 0.1) is 0 Å². The molecule has 1 heterocycles. The van der Waals surface area contributed by atoms with Gasteiger partial charge in [-0.3, -0.25) is 0 Å². The van der Waals surface area contributed by atoms with Crippen molar-refractivity contribution in [3.8, 4) is 5.75 Å². The van der Waals surface area contributed by atoms with Crippen LogP contribution in [-0.2, 0) is 4.74 Å². The Balaban J connectivity index is 2.23. The Morgan fingerprint density at radius 2 is 2.06 bits per heavy atom. The van der Waals surface area contributed by atoms with E-state index in [1.165, 1.54) is 0 Å². The molecule has 1 aliphatic heterocycles. The lowest BCUT2D eigenvalue weighted by Gasteiger charge is -2.17. The first-order valence-corrected chi connectivity index (χ1v) is 7.05. The number of halogens is 2. The number of ether oxygens (including phenoxy) is 2. The molecule has 1 aliphatic rings. The fraction of sp³-hybridized carbons (Fsp3) is 0.571. The minimum Gasteiger partial charge on any atom is -0.492 e. The summed E-state index contributed by atoms with van der Waals surface area (Å²) >= 11 is 12.3. The first-order valence-electron chi connectivity index (χ1n) is 6.30. The highest BCUT2D eigenvalue weighted by Crippen LogP contribution is 2.40. The second-order valence-electron chi connectivity index (χ2n) is 4.76. The van der Waals surface area contributed by atoms with Crippen LogP contribution in [-0.4, -0.2) is 18.8 Å². The summed E-state index contributed by atoms with van der Waals surface area (Å²) in [5.41, 5.74) is 1.07. The summed E-state index contributed by atoms with van der Waals surface area (Å²) in [6.45, 7) is 6.79. The fourth-order valence-electron chi connectivity index (χ4n) is 2.20. The minimum absolute atomic E-state index is 0.317. The SMILES string of the molecule is CCOc1c(Cl)cc(Cl)cc1C(C)CC1OC1C. The Kier molecular flexibility index (Phi) is 4.41. The van der Waals surface area contributed by atoms with Crippen molar-refractivity contribution in [2.24, 2.45) is 0 Å². The molecule has 100 valence electrons. The van der Waals surface area contributed by atoms with Gasteiger partial charge in [0.2, 0.25) is 0 Å². The number of epoxide rings is 1. The van der Waals surface area contributed by atoms with E-state index in [2.05, 4.69) is 13.8 Å². The molecule has 0 amide bonds. The van der Waals surface area contributed by atoms with Crippen LogP contribution in [0.25, 0.3) is 0 Å². The second-order valence-corrected chi connectivity index (χ2v) is 5.60. The molecule has 0 bridgehead atoms. The predicted octanol–water partition coefficient (Wildman–Crippen LogP) is 4.67. The van der Waals surface area contributed by atoms with Crippen LogP contribution in [0.4, 0.5) is 0 Å². The highest BCUT2D eigenvalue weighted by atomic mass is 35.5. The van der Waals surface area contributed by atoms with Crippen LogP contribution >= 0.6 is 23.2 Å². The Bertz CT molecular complexity index is 434. The molecule has 3 unspecified atom stereocenters. The van der Waals surface area contributed by atoms with E-state index in [0.29, 0.717) is 34.8 Å². The van der Waals surface area contributed by atoms with E-state index in [1.807, 2.05) is 13.0 Å². The maximum atomic E-state index is 6.20. The summed E-state index contributed by atoms with van der Waals surface area (Å²) in [6, 6.07) is 3.66. The Morgan fingerprint density at radius 1 is 1.39 bits per heavy atom. The van der Waals surface area contributed by atoms with Crippen molar-refractivity contribution < 1.29 is 9.47 Å². The van der Waals surface area contributed by atoms with E-state index < -0.39 is 0 Å². The molecule has 1 saturated heterocycles. The van der Waals surface area contributed by atoms with Gasteiger partial charge in [0.05, 0.1) is 23.8 Å². The fourth-order valence-corrected chi connectivity index (χ4v) is 2.76. The summed E-state index contributed by atoms with van der Waals surface area (Å²) in [6.07, 6.45) is 1.70. The molecule has 0 N–H and O–H groups in total. The summed E-state index contributed by atoms with van der Waals surface area (Å²) in [5, 5.41) is 1.23. The van der Waals surface area contributed by atoms with Gasteiger partial charge in [0.1, 0.15) is 5.75 Å². The van der Waals surface area contributed by atoms with E-state index in [0.717, 1.165) is 17.7 Å². The third-order valence-electron chi connectivity index (χ3n) is 3.28. The predicted molar refractivity (Wildman–Crippen MR) is 75.0 cm³/mol. The first-order chi connectivity index (χ1) is 8.52. The van der Waals surface area contributed by atoms with Crippen LogP contribution in [0.3, 0.4) is 0 Å². The van der Waals surface area contributed by atoms with Gasteiger partial charge in [-0.05, 0) is 38.3 Å². The highest BCUT2D eigenvalue weighted by molar-refractivity contribution is 6.35. The van der Waals surface area contributed by atoms with Gasteiger partial charge in [-0.2, -0.15) is 0 Å². The normalized spacial score (nSPS) is 23.8. The number of hydrogen-bond donors (Lipinski definition) is 0. The highest BCUT2D eigenvalue weighted by Gasteiger charge is 2.36. The summed E-state index contributed by atoms with van der Waals surface area (Å²) in [5.74, 6) is 1.07. The third-order valence-corrected chi connectivity index (χ3v) is 3.78. The van der Waals surface area contributed by atoms with Crippen molar-refractivity contribution in [1.29, 1.82) is 0 Å². The molecular weight excluding hydrogens is 271 g/mol. The standard InChI is InChI=1S/C14H18Cl2O2/c1-4-17-14-11(6-10(15)7-12(14)16)8(2)5-13-9(3)18-13/h6-9,13H,4-5H2,1-3H3. The van der Waals surface area contributed by atoms with E-state index in [1.54, 1.807) is 6.07 Å². The molecule has 1 fully saturated rings. The molecule has 3 atom stereocenters. The summed E-state index contributed by atoms with van der Waals surface area (Å²) < 4.78 is 11.1. The number of hydrogen-bond acceptors (Lipinski definition) is 2. The molecule has 4 heteroatoms. The quantitative estimate of drug-likeness (QED) is 0.734. The molecule has 18 heavy (non-hydrogen) atoms. The molecule has 0 aromatic heterocycles. The number of rotatable bonds is 5. The lowest BCUT2D eigenvalue weighted by atomic mass is 9.94. The van der Waals surface area contributed by atoms with Crippen LogP contribution in [0.2, 0.25) is 10.0 Å². The van der Waals surface area contributed by atoms with Crippen molar-refractivity contribution in [3.63, 3.8) is 0 Å². The van der Waals surface area contributed by atoms with Crippen molar-refractivity contribution in [1.82, 2.24) is 0 Å². The molecular formula is C14H18Cl2O2. The summed E-state index contributed by atoms with van der Waals surface area (Å²) in [4.78, 5) is 0. The molecule has 1 aromatic rings. The van der Waals surface area contributed by atoms with Gasteiger partial charge < -0.3 is 9.47 Å². The van der Waals surface area contributed by atoms with Crippen molar-refractivity contribution in [2.45, 2.75) is 45.3 Å². The average molecular weight is 289 g/mol. The van der Waals surface area contributed by atoms with E-state index in [-0.39, 0.29) is 0 Å². The van der Waals surface area contributed by atoms with Gasteiger partial charge in [-0.15, -0.1) is 0 Å². The van der Waals surface area contributed by atoms with E-state index in [4.69, 9.17) is 32.7 Å². The van der Waals surface area contributed by atoms with Gasteiger partial charge >= 0.3 is 0 Å².